The van der Waals surface area contributed by atoms with E-state index < -0.39 is 28.9 Å². The average Bonchev–Trinajstić information content (AvgIpc) is 3.60. The summed E-state index contributed by atoms with van der Waals surface area (Å²) in [4.78, 5) is 46.3. The molecule has 3 aromatic rings. The molecule has 1 aliphatic heterocycles. The maximum Gasteiger partial charge on any atom is 0.323 e. The van der Waals surface area contributed by atoms with Crippen LogP contribution < -0.4 is 20.7 Å². The first kappa shape index (κ1) is 28.0. The molecular formula is C29H30F2N6O4. The lowest BCUT2D eigenvalue weighted by Crippen LogP contribution is -2.37. The van der Waals surface area contributed by atoms with Crippen LogP contribution in [-0.2, 0) is 9.59 Å². The molecule has 1 atom stereocenters. The molecule has 0 radical (unpaired) electrons. The van der Waals surface area contributed by atoms with Crippen molar-refractivity contribution < 1.29 is 27.9 Å². The van der Waals surface area contributed by atoms with Crippen LogP contribution in [0.3, 0.4) is 0 Å². The monoisotopic (exact) mass is 564 g/mol. The summed E-state index contributed by atoms with van der Waals surface area (Å²) in [5, 5.41) is 7.87. The number of urea groups is 1. The van der Waals surface area contributed by atoms with E-state index in [1.165, 1.54) is 48.7 Å². The van der Waals surface area contributed by atoms with Crippen LogP contribution in [0.15, 0.2) is 60.8 Å². The molecule has 214 valence electrons. The van der Waals surface area contributed by atoms with Crippen molar-refractivity contribution in [2.45, 2.75) is 25.3 Å². The molecule has 0 bridgehead atoms. The Labute approximate surface area is 235 Å². The fourth-order valence-electron chi connectivity index (χ4n) is 4.58. The molecule has 3 N–H and O–H groups in total. The van der Waals surface area contributed by atoms with E-state index in [1.807, 2.05) is 14.1 Å². The van der Waals surface area contributed by atoms with Crippen molar-refractivity contribution in [3.8, 4) is 11.5 Å². The number of nitrogens with zero attached hydrogens (tertiary/aromatic N) is 3. The summed E-state index contributed by atoms with van der Waals surface area (Å²) in [5.41, 5.74) is -1.07. The number of likely N-dealkylation sites (tertiary alicyclic amines) is 1. The summed E-state index contributed by atoms with van der Waals surface area (Å²) < 4.78 is 33.8. The number of hydrogen-bond donors (Lipinski definition) is 3. The standard InChI is InChI=1S/C29H30F2N6O4/c1-36(2)20-10-14-37(17-20)28(40)35-25-16-22(9-13-32-25)41-21-7-8-24(23(31)15-21)34-27(39)29(11-12-29)26(38)33-19-5-3-18(30)4-6-19/h3-9,13,15-16,20H,10-12,14,17H2,1-2H3,(H,33,38)(H,34,39)(H,32,35,40). The molecule has 2 aromatic carbocycles. The average molecular weight is 565 g/mol. The molecule has 2 fully saturated rings. The van der Waals surface area contributed by atoms with Gasteiger partial charge in [-0.3, -0.25) is 14.9 Å². The Bertz CT molecular complexity index is 1460. The number of aromatic nitrogens is 1. The van der Waals surface area contributed by atoms with Gasteiger partial charge in [0.15, 0.2) is 0 Å². The van der Waals surface area contributed by atoms with Crippen molar-refractivity contribution in [3.05, 3.63) is 72.4 Å². The third kappa shape index (κ3) is 6.43. The molecule has 2 heterocycles. The molecule has 1 aromatic heterocycles. The predicted molar refractivity (Wildman–Crippen MR) is 149 cm³/mol. The van der Waals surface area contributed by atoms with E-state index in [9.17, 15) is 23.2 Å². The van der Waals surface area contributed by atoms with Gasteiger partial charge in [0.2, 0.25) is 11.8 Å². The zero-order valence-electron chi connectivity index (χ0n) is 22.6. The number of benzene rings is 2. The lowest BCUT2D eigenvalue weighted by atomic mass is 10.0. The molecule has 2 aliphatic rings. The van der Waals surface area contributed by atoms with Gasteiger partial charge < -0.3 is 25.2 Å². The Hall–Kier alpha value is -4.58. The van der Waals surface area contributed by atoms with Gasteiger partial charge in [-0.05, 0) is 75.8 Å². The van der Waals surface area contributed by atoms with Crippen molar-refractivity contribution in [2.24, 2.45) is 5.41 Å². The molecule has 41 heavy (non-hydrogen) atoms. The Balaban J connectivity index is 1.18. The van der Waals surface area contributed by atoms with Crippen LogP contribution in [0.1, 0.15) is 19.3 Å². The SMILES string of the molecule is CN(C)C1CCN(C(=O)Nc2cc(Oc3ccc(NC(=O)C4(C(=O)Nc5ccc(F)cc5)CC4)c(F)c3)ccn2)C1. The van der Waals surface area contributed by atoms with Gasteiger partial charge in [-0.15, -0.1) is 0 Å². The van der Waals surface area contributed by atoms with Gasteiger partial charge in [0.1, 0.15) is 34.4 Å². The van der Waals surface area contributed by atoms with E-state index in [1.54, 1.807) is 11.0 Å². The normalized spacial score (nSPS) is 17.2. The Kier molecular flexibility index (Phi) is 7.84. The molecular weight excluding hydrogens is 534 g/mol. The molecule has 1 aliphatic carbocycles. The largest absolute Gasteiger partial charge is 0.457 e. The van der Waals surface area contributed by atoms with E-state index >= 15 is 0 Å². The van der Waals surface area contributed by atoms with Gasteiger partial charge in [-0.1, -0.05) is 0 Å². The Morgan fingerprint density at radius 2 is 1.66 bits per heavy atom. The van der Waals surface area contributed by atoms with Gasteiger partial charge in [-0.2, -0.15) is 0 Å². The van der Waals surface area contributed by atoms with Gasteiger partial charge in [0, 0.05) is 43.1 Å². The number of carbonyl (C=O) groups is 3. The first-order valence-corrected chi connectivity index (χ1v) is 13.2. The second-order valence-corrected chi connectivity index (χ2v) is 10.4. The lowest BCUT2D eigenvalue weighted by molar-refractivity contribution is -0.131. The van der Waals surface area contributed by atoms with Crippen molar-refractivity contribution in [1.82, 2.24) is 14.8 Å². The van der Waals surface area contributed by atoms with Crippen LogP contribution in [-0.4, -0.2) is 65.9 Å². The van der Waals surface area contributed by atoms with E-state index in [4.69, 9.17) is 4.74 Å². The Morgan fingerprint density at radius 3 is 2.32 bits per heavy atom. The summed E-state index contributed by atoms with van der Waals surface area (Å²) in [6.07, 6.45) is 2.98. The van der Waals surface area contributed by atoms with Crippen LogP contribution >= 0.6 is 0 Å². The number of pyridine rings is 1. The number of carbonyl (C=O) groups excluding carboxylic acids is 3. The van der Waals surface area contributed by atoms with E-state index in [2.05, 4.69) is 25.8 Å². The van der Waals surface area contributed by atoms with E-state index in [-0.39, 0.29) is 17.5 Å². The highest BCUT2D eigenvalue weighted by Gasteiger charge is 2.56. The fourth-order valence-corrected chi connectivity index (χ4v) is 4.58. The minimum absolute atomic E-state index is 0.104. The highest BCUT2D eigenvalue weighted by molar-refractivity contribution is 6.16. The maximum atomic E-state index is 14.9. The predicted octanol–water partition coefficient (Wildman–Crippen LogP) is 4.68. The summed E-state index contributed by atoms with van der Waals surface area (Å²) in [6, 6.07) is 12.3. The van der Waals surface area contributed by atoms with Gasteiger partial charge in [0.25, 0.3) is 0 Å². The summed E-state index contributed by atoms with van der Waals surface area (Å²) >= 11 is 0. The highest BCUT2D eigenvalue weighted by Crippen LogP contribution is 2.47. The first-order chi connectivity index (χ1) is 19.6. The lowest BCUT2D eigenvalue weighted by Gasteiger charge is -2.20. The molecule has 1 unspecified atom stereocenters. The third-order valence-corrected chi connectivity index (χ3v) is 7.29. The van der Waals surface area contributed by atoms with Crippen LogP contribution in [0.25, 0.3) is 0 Å². The van der Waals surface area contributed by atoms with E-state index in [0.717, 1.165) is 12.5 Å². The van der Waals surface area contributed by atoms with Gasteiger partial charge in [-0.25, -0.2) is 18.6 Å². The van der Waals surface area contributed by atoms with Crippen LogP contribution in [0, 0.1) is 17.0 Å². The molecule has 4 amide bonds. The zero-order valence-corrected chi connectivity index (χ0v) is 22.6. The second-order valence-electron chi connectivity index (χ2n) is 10.4. The van der Waals surface area contributed by atoms with E-state index in [0.29, 0.717) is 49.2 Å². The Morgan fingerprint density at radius 1 is 0.951 bits per heavy atom. The number of nitrogens with one attached hydrogen (secondary N) is 3. The number of likely N-dealkylation sites (N-methyl/N-ethyl adjacent to an activating group) is 1. The van der Waals surface area contributed by atoms with Crippen LogP contribution in [0.5, 0.6) is 11.5 Å². The van der Waals surface area contributed by atoms with Gasteiger partial charge >= 0.3 is 6.03 Å². The second kappa shape index (κ2) is 11.5. The van der Waals surface area contributed by atoms with Crippen molar-refractivity contribution in [1.29, 1.82) is 0 Å². The van der Waals surface area contributed by atoms with Crippen molar-refractivity contribution in [3.63, 3.8) is 0 Å². The van der Waals surface area contributed by atoms with Crippen LogP contribution in [0.4, 0.5) is 30.8 Å². The quantitative estimate of drug-likeness (QED) is 0.343. The zero-order chi connectivity index (χ0) is 29.1. The number of amides is 4. The van der Waals surface area contributed by atoms with Gasteiger partial charge in [0.05, 0.1) is 5.69 Å². The number of anilines is 3. The summed E-state index contributed by atoms with van der Waals surface area (Å²) in [6.45, 7) is 1.27. The highest BCUT2D eigenvalue weighted by atomic mass is 19.1. The molecule has 1 saturated heterocycles. The van der Waals surface area contributed by atoms with Crippen molar-refractivity contribution in [2.75, 3.05) is 43.1 Å². The summed E-state index contributed by atoms with van der Waals surface area (Å²) in [5.74, 6) is -1.59. The molecule has 12 heteroatoms. The molecule has 10 nitrogen and oxygen atoms in total. The maximum absolute atomic E-state index is 14.9. The minimum atomic E-state index is -1.32. The molecule has 1 saturated carbocycles. The first-order valence-electron chi connectivity index (χ1n) is 13.2. The fraction of sp³-hybridized carbons (Fsp3) is 0.310. The minimum Gasteiger partial charge on any atom is -0.457 e. The summed E-state index contributed by atoms with van der Waals surface area (Å²) in [7, 11) is 3.97. The topological polar surface area (TPSA) is 116 Å². The number of rotatable bonds is 8. The molecule has 0 spiro atoms. The number of halogens is 2. The molecule has 5 rings (SSSR count). The number of hydrogen-bond acceptors (Lipinski definition) is 6. The number of ether oxygens (including phenoxy) is 1. The van der Waals surface area contributed by atoms with Crippen LogP contribution in [0.2, 0.25) is 0 Å². The smallest absolute Gasteiger partial charge is 0.323 e. The van der Waals surface area contributed by atoms with Crippen molar-refractivity contribution >= 4 is 35.0 Å². The third-order valence-electron chi connectivity index (χ3n) is 7.29.